The van der Waals surface area contributed by atoms with Gasteiger partial charge in [0.15, 0.2) is 0 Å². The first-order chi connectivity index (χ1) is 14.0. The molecule has 0 bridgehead atoms. The number of carbonyl (C=O) groups is 1. The van der Waals surface area contributed by atoms with Crippen LogP contribution in [0.1, 0.15) is 16.0 Å². The van der Waals surface area contributed by atoms with Gasteiger partial charge >= 0.3 is 5.97 Å². The second-order valence-corrected chi connectivity index (χ2v) is 8.29. The number of nitrogen functional groups attached to an aromatic ring is 1. The molecule has 1 aliphatic heterocycles. The largest absolute Gasteiger partial charge is 0.421 e. The number of fused-ring (bicyclic) bond motifs is 1. The Bertz CT molecular complexity index is 1250. The Labute approximate surface area is 174 Å². The van der Waals surface area contributed by atoms with Gasteiger partial charge in [-0.2, -0.15) is 8.75 Å². The third kappa shape index (κ3) is 3.02. The average Bonchev–Trinajstić information content (AvgIpc) is 3.43. The molecule has 1 unspecified atom stereocenters. The van der Waals surface area contributed by atoms with Crippen LogP contribution in [0, 0.1) is 0 Å². The smallest absolute Gasteiger partial charge is 0.342 e. The first-order valence-corrected chi connectivity index (χ1v) is 10.5. The molecule has 0 aliphatic carbocycles. The van der Waals surface area contributed by atoms with Crippen LogP contribution in [0.4, 0.5) is 5.69 Å². The molecule has 0 spiro atoms. The fraction of sp³-hybridized carbons (Fsp3) is 0.0952. The number of hydrogen-bond acceptors (Lipinski definition) is 8. The molecule has 3 heterocycles. The van der Waals surface area contributed by atoms with Crippen molar-refractivity contribution in [3.63, 3.8) is 0 Å². The Hall–Kier alpha value is -3.07. The molecule has 144 valence electrons. The van der Waals surface area contributed by atoms with Crippen LogP contribution in [-0.2, 0) is 21.7 Å². The summed E-state index contributed by atoms with van der Waals surface area (Å²) >= 11 is 2.67. The third-order valence-electron chi connectivity index (χ3n) is 4.93. The summed E-state index contributed by atoms with van der Waals surface area (Å²) in [6.07, 6.45) is 0.382. The Balaban J connectivity index is 1.71. The van der Waals surface area contributed by atoms with Crippen LogP contribution >= 0.6 is 23.1 Å². The number of aromatic nitrogens is 2. The maximum absolute atomic E-state index is 12.9. The van der Waals surface area contributed by atoms with Gasteiger partial charge < -0.3 is 15.6 Å². The summed E-state index contributed by atoms with van der Waals surface area (Å²) in [5.74, 6) is -2.43. The summed E-state index contributed by atoms with van der Waals surface area (Å²) in [5, 5.41) is 13.5. The molecule has 1 aliphatic rings. The lowest BCUT2D eigenvalue weighted by Gasteiger charge is -2.25. The van der Waals surface area contributed by atoms with Gasteiger partial charge in [-0.15, -0.1) is 11.3 Å². The Kier molecular flexibility index (Phi) is 4.20. The molecule has 0 radical (unpaired) electrons. The van der Waals surface area contributed by atoms with Crippen molar-refractivity contribution < 1.29 is 14.6 Å². The van der Waals surface area contributed by atoms with Crippen molar-refractivity contribution in [1.29, 1.82) is 0 Å². The normalized spacial score (nSPS) is 19.1. The number of ether oxygens (including phenoxy) is 1. The molecule has 3 N–H and O–H groups in total. The van der Waals surface area contributed by atoms with E-state index in [4.69, 9.17) is 10.5 Å². The molecule has 4 aromatic rings. The molecule has 0 saturated heterocycles. The number of hydrogen-bond donors (Lipinski definition) is 2. The minimum absolute atomic E-state index is 0.354. The molecule has 0 fully saturated rings. The monoisotopic (exact) mass is 421 g/mol. The second kappa shape index (κ2) is 6.77. The quantitative estimate of drug-likeness (QED) is 0.385. The first-order valence-electron chi connectivity index (χ1n) is 8.85. The number of thiophene rings is 1. The van der Waals surface area contributed by atoms with E-state index >= 15 is 0 Å². The van der Waals surface area contributed by atoms with Crippen molar-refractivity contribution in [1.82, 2.24) is 8.75 Å². The van der Waals surface area contributed by atoms with E-state index in [2.05, 4.69) is 8.75 Å². The number of esters is 1. The highest BCUT2D eigenvalue weighted by atomic mass is 32.1. The molecule has 8 heteroatoms. The van der Waals surface area contributed by atoms with E-state index in [1.54, 1.807) is 41.7 Å². The molecule has 2 aromatic carbocycles. The van der Waals surface area contributed by atoms with E-state index < -0.39 is 11.8 Å². The van der Waals surface area contributed by atoms with Crippen LogP contribution in [0.25, 0.3) is 16.6 Å². The number of nitrogens with two attached hydrogens (primary N) is 1. The van der Waals surface area contributed by atoms with E-state index in [9.17, 15) is 9.90 Å². The zero-order valence-corrected chi connectivity index (χ0v) is 16.7. The van der Waals surface area contributed by atoms with Gasteiger partial charge in [-0.05, 0) is 41.3 Å². The topological polar surface area (TPSA) is 98.3 Å². The molecule has 2 aromatic heterocycles. The van der Waals surface area contributed by atoms with Gasteiger partial charge in [0.2, 0.25) is 0 Å². The Morgan fingerprint density at radius 1 is 1.07 bits per heavy atom. The van der Waals surface area contributed by atoms with Gasteiger partial charge in [0, 0.05) is 28.1 Å². The molecule has 6 nitrogen and oxygen atoms in total. The zero-order valence-electron chi connectivity index (χ0n) is 15.0. The van der Waals surface area contributed by atoms with Crippen LogP contribution < -0.4 is 5.73 Å². The average molecular weight is 422 g/mol. The molecule has 0 amide bonds. The SMILES string of the molecule is Nc1ccc(C2(O)OC(=O)C(c3ccc4nsnc4c3)=C2Cc2cccs2)cc1. The predicted octanol–water partition coefficient (Wildman–Crippen LogP) is 3.73. The van der Waals surface area contributed by atoms with Crippen molar-refractivity contribution in [2.45, 2.75) is 12.2 Å². The predicted molar refractivity (Wildman–Crippen MR) is 113 cm³/mol. The van der Waals surface area contributed by atoms with Crippen LogP contribution in [0.3, 0.4) is 0 Å². The van der Waals surface area contributed by atoms with Crippen molar-refractivity contribution in [3.8, 4) is 0 Å². The van der Waals surface area contributed by atoms with Crippen molar-refractivity contribution >= 4 is 51.3 Å². The maximum Gasteiger partial charge on any atom is 0.342 e. The summed E-state index contributed by atoms with van der Waals surface area (Å²) in [6, 6.07) is 16.0. The molecule has 5 rings (SSSR count). The van der Waals surface area contributed by atoms with E-state index in [0.717, 1.165) is 22.1 Å². The summed E-state index contributed by atoms with van der Waals surface area (Å²) in [4.78, 5) is 14.0. The number of rotatable bonds is 4. The summed E-state index contributed by atoms with van der Waals surface area (Å²) in [5.41, 5.74) is 9.77. The van der Waals surface area contributed by atoms with Crippen LogP contribution in [0.5, 0.6) is 0 Å². The second-order valence-electron chi connectivity index (χ2n) is 6.73. The van der Waals surface area contributed by atoms with E-state index in [-0.39, 0.29) is 0 Å². The number of nitrogens with zero attached hydrogens (tertiary/aromatic N) is 2. The lowest BCUT2D eigenvalue weighted by Crippen LogP contribution is -2.29. The number of aliphatic hydroxyl groups is 1. The van der Waals surface area contributed by atoms with Crippen LogP contribution in [-0.4, -0.2) is 19.8 Å². The summed E-state index contributed by atoms with van der Waals surface area (Å²) in [7, 11) is 0. The highest BCUT2D eigenvalue weighted by Crippen LogP contribution is 2.45. The summed E-state index contributed by atoms with van der Waals surface area (Å²) < 4.78 is 14.0. The molecule has 0 saturated carbocycles. The maximum atomic E-state index is 12.9. The highest BCUT2D eigenvalue weighted by molar-refractivity contribution is 7.09. The lowest BCUT2D eigenvalue weighted by molar-refractivity contribution is -0.185. The van der Waals surface area contributed by atoms with Gasteiger partial charge in [-0.25, -0.2) is 4.79 Å². The van der Waals surface area contributed by atoms with Gasteiger partial charge in [0.05, 0.1) is 17.3 Å². The van der Waals surface area contributed by atoms with Crippen molar-refractivity contribution in [3.05, 3.63) is 81.6 Å². The van der Waals surface area contributed by atoms with Crippen LogP contribution in [0.15, 0.2) is 65.6 Å². The molecule has 1 atom stereocenters. The number of anilines is 1. The minimum Gasteiger partial charge on any atom is -0.421 e. The van der Waals surface area contributed by atoms with E-state index in [1.165, 1.54) is 0 Å². The van der Waals surface area contributed by atoms with Gasteiger partial charge in [-0.1, -0.05) is 24.3 Å². The number of cyclic esters (lactones) is 1. The van der Waals surface area contributed by atoms with Gasteiger partial charge in [0.25, 0.3) is 5.79 Å². The fourth-order valence-electron chi connectivity index (χ4n) is 3.51. The van der Waals surface area contributed by atoms with Crippen molar-refractivity contribution in [2.75, 3.05) is 5.73 Å². The summed E-state index contributed by atoms with van der Waals surface area (Å²) in [6.45, 7) is 0. The molecular formula is C21H15N3O3S2. The Morgan fingerprint density at radius 2 is 1.86 bits per heavy atom. The lowest BCUT2D eigenvalue weighted by atomic mass is 9.89. The Morgan fingerprint density at radius 3 is 2.62 bits per heavy atom. The minimum atomic E-state index is -1.86. The third-order valence-corrected chi connectivity index (χ3v) is 6.36. The van der Waals surface area contributed by atoms with E-state index in [1.807, 2.05) is 29.6 Å². The molecular weight excluding hydrogens is 406 g/mol. The van der Waals surface area contributed by atoms with Crippen molar-refractivity contribution in [2.24, 2.45) is 0 Å². The van der Waals surface area contributed by atoms with Crippen LogP contribution in [0.2, 0.25) is 0 Å². The standard InChI is InChI=1S/C21H15N3O3S2/c22-14-6-4-13(5-7-14)21(26)16(11-15-2-1-9-28-15)19(20(25)27-21)12-3-8-17-18(10-12)24-29-23-17/h1-10,26H,11,22H2. The first kappa shape index (κ1) is 18.0. The van der Waals surface area contributed by atoms with E-state index in [0.29, 0.717) is 39.9 Å². The number of carbonyl (C=O) groups excluding carboxylic acids is 1. The van der Waals surface area contributed by atoms with Gasteiger partial charge in [0.1, 0.15) is 11.0 Å². The highest BCUT2D eigenvalue weighted by Gasteiger charge is 2.48. The number of benzene rings is 2. The molecule has 29 heavy (non-hydrogen) atoms. The fourth-order valence-corrected chi connectivity index (χ4v) is 4.74. The van der Waals surface area contributed by atoms with Gasteiger partial charge in [-0.3, -0.25) is 0 Å². The zero-order chi connectivity index (χ0) is 20.0.